The van der Waals surface area contributed by atoms with Crippen molar-refractivity contribution in [1.29, 1.82) is 0 Å². The van der Waals surface area contributed by atoms with E-state index in [0.29, 0.717) is 12.5 Å². The summed E-state index contributed by atoms with van der Waals surface area (Å²) < 4.78 is 7.03. The van der Waals surface area contributed by atoms with Crippen LogP contribution < -0.4 is 0 Å². The van der Waals surface area contributed by atoms with E-state index in [1.54, 1.807) is 0 Å². The number of ether oxygens (including phenoxy) is 1. The Balaban J connectivity index is 2.12. The summed E-state index contributed by atoms with van der Waals surface area (Å²) in [4.78, 5) is 2.33. The van der Waals surface area contributed by atoms with Crippen molar-refractivity contribution in [2.24, 2.45) is 0 Å². The molecule has 0 spiro atoms. The maximum absolute atomic E-state index is 6.34. The number of nitrogens with zero attached hydrogens (tertiary/aromatic N) is 1. The molecule has 2 nitrogen and oxygen atoms in total. The molecule has 0 aromatic heterocycles. The van der Waals surface area contributed by atoms with Crippen LogP contribution in [-0.4, -0.2) is 30.6 Å². The Morgan fingerprint density at radius 1 is 1.53 bits per heavy atom. The van der Waals surface area contributed by atoms with Gasteiger partial charge >= 0.3 is 0 Å². The molecule has 1 saturated heterocycles. The highest BCUT2D eigenvalue weighted by molar-refractivity contribution is 9.10. The lowest BCUT2D eigenvalue weighted by Crippen LogP contribution is -2.39. The van der Waals surface area contributed by atoms with Crippen molar-refractivity contribution in [3.05, 3.63) is 32.8 Å². The average Bonchev–Trinajstić information content (AvgIpc) is 2.58. The van der Waals surface area contributed by atoms with E-state index in [4.69, 9.17) is 16.3 Å². The van der Waals surface area contributed by atoms with Crippen molar-refractivity contribution in [3.63, 3.8) is 0 Å². The Labute approximate surface area is 115 Å². The Bertz CT molecular complexity index is 479. The SMILES string of the molecule is CN1C[C@@H]2c3ccc(Br)c(Cl)c3CO[C@@]2(C)C1. The normalized spacial score (nSPS) is 32.4. The fraction of sp³-hybridized carbons (Fsp3) is 0.538. The number of rotatable bonds is 0. The lowest BCUT2D eigenvalue weighted by Gasteiger charge is -2.37. The van der Waals surface area contributed by atoms with Crippen LogP contribution in [0.1, 0.15) is 24.0 Å². The third kappa shape index (κ3) is 1.75. The molecule has 0 unspecified atom stereocenters. The number of benzene rings is 1. The molecule has 0 radical (unpaired) electrons. The highest BCUT2D eigenvalue weighted by atomic mass is 79.9. The molecule has 0 N–H and O–H groups in total. The third-order valence-corrected chi connectivity index (χ3v) is 5.29. The summed E-state index contributed by atoms with van der Waals surface area (Å²) in [5.74, 6) is 0.432. The van der Waals surface area contributed by atoms with Gasteiger partial charge in [-0.05, 0) is 41.5 Å². The zero-order valence-corrected chi connectivity index (χ0v) is 12.3. The smallest absolute Gasteiger partial charge is 0.0865 e. The second-order valence-corrected chi connectivity index (χ2v) is 6.51. The van der Waals surface area contributed by atoms with Crippen LogP contribution in [0.2, 0.25) is 5.02 Å². The van der Waals surface area contributed by atoms with E-state index in [0.717, 1.165) is 28.1 Å². The number of hydrogen-bond acceptors (Lipinski definition) is 2. The minimum atomic E-state index is -0.0566. The van der Waals surface area contributed by atoms with Gasteiger partial charge in [0.05, 0.1) is 17.2 Å². The molecule has 0 amide bonds. The van der Waals surface area contributed by atoms with Crippen molar-refractivity contribution < 1.29 is 4.74 Å². The second kappa shape index (κ2) is 3.95. The van der Waals surface area contributed by atoms with Crippen LogP contribution in [0.5, 0.6) is 0 Å². The largest absolute Gasteiger partial charge is 0.369 e. The predicted octanol–water partition coefficient (Wildman–Crippen LogP) is 3.42. The molecule has 92 valence electrons. The van der Waals surface area contributed by atoms with Crippen molar-refractivity contribution in [2.75, 3.05) is 20.1 Å². The van der Waals surface area contributed by atoms with Gasteiger partial charge in [0.25, 0.3) is 0 Å². The van der Waals surface area contributed by atoms with E-state index in [1.807, 2.05) is 6.07 Å². The topological polar surface area (TPSA) is 12.5 Å². The minimum absolute atomic E-state index is 0.0566. The van der Waals surface area contributed by atoms with Crippen LogP contribution in [0.15, 0.2) is 16.6 Å². The van der Waals surface area contributed by atoms with Gasteiger partial charge in [-0.15, -0.1) is 0 Å². The molecular weight excluding hydrogens is 302 g/mol. The van der Waals surface area contributed by atoms with E-state index in [1.165, 1.54) is 5.56 Å². The van der Waals surface area contributed by atoms with Gasteiger partial charge in [0.2, 0.25) is 0 Å². The van der Waals surface area contributed by atoms with Gasteiger partial charge in [0.15, 0.2) is 0 Å². The molecule has 1 aromatic carbocycles. The maximum Gasteiger partial charge on any atom is 0.0865 e. The first-order valence-corrected chi connectivity index (χ1v) is 6.97. The van der Waals surface area contributed by atoms with E-state index in [2.05, 4.69) is 40.9 Å². The molecule has 0 bridgehead atoms. The zero-order chi connectivity index (χ0) is 12.2. The molecule has 1 fully saturated rings. The Morgan fingerprint density at radius 3 is 3.06 bits per heavy atom. The van der Waals surface area contributed by atoms with Crippen molar-refractivity contribution in [3.8, 4) is 0 Å². The number of likely N-dealkylation sites (N-methyl/N-ethyl adjacent to an activating group) is 1. The summed E-state index contributed by atoms with van der Waals surface area (Å²) in [6.45, 7) is 4.86. The lowest BCUT2D eigenvalue weighted by molar-refractivity contribution is -0.0556. The van der Waals surface area contributed by atoms with Crippen LogP contribution in [0.3, 0.4) is 0 Å². The van der Waals surface area contributed by atoms with Crippen LogP contribution in [0.4, 0.5) is 0 Å². The Hall–Kier alpha value is -0.0900. The highest BCUT2D eigenvalue weighted by Gasteiger charge is 2.47. The van der Waals surface area contributed by atoms with Crippen molar-refractivity contribution >= 4 is 27.5 Å². The lowest BCUT2D eigenvalue weighted by atomic mass is 9.81. The first-order chi connectivity index (χ1) is 8.01. The molecule has 2 aliphatic heterocycles. The van der Waals surface area contributed by atoms with E-state index < -0.39 is 0 Å². The first-order valence-electron chi connectivity index (χ1n) is 5.80. The second-order valence-electron chi connectivity index (χ2n) is 5.28. The van der Waals surface area contributed by atoms with Crippen molar-refractivity contribution in [1.82, 2.24) is 4.90 Å². The Morgan fingerprint density at radius 2 is 2.29 bits per heavy atom. The third-order valence-electron chi connectivity index (χ3n) is 3.97. The monoisotopic (exact) mass is 315 g/mol. The van der Waals surface area contributed by atoms with Gasteiger partial charge in [-0.1, -0.05) is 17.7 Å². The molecule has 17 heavy (non-hydrogen) atoms. The standard InChI is InChI=1S/C13H15BrClNO/c1-13-7-16(2)5-10(13)8-3-4-11(14)12(15)9(8)6-17-13/h3-4,10H,5-7H2,1-2H3/t10-,13+/m1/s1. The summed E-state index contributed by atoms with van der Waals surface area (Å²) in [5, 5.41) is 0.805. The number of fused-ring (bicyclic) bond motifs is 3. The molecular formula is C13H15BrClNO. The van der Waals surface area contributed by atoms with Gasteiger partial charge in [-0.25, -0.2) is 0 Å². The molecule has 0 saturated carbocycles. The van der Waals surface area contributed by atoms with Gasteiger partial charge in [0.1, 0.15) is 0 Å². The first kappa shape index (κ1) is 12.0. The van der Waals surface area contributed by atoms with Crippen molar-refractivity contribution in [2.45, 2.75) is 25.0 Å². The molecule has 3 rings (SSSR count). The minimum Gasteiger partial charge on any atom is -0.369 e. The number of halogens is 2. The fourth-order valence-electron chi connectivity index (χ4n) is 3.11. The maximum atomic E-state index is 6.34. The fourth-order valence-corrected chi connectivity index (χ4v) is 3.70. The summed E-state index contributed by atoms with van der Waals surface area (Å²) in [6, 6.07) is 4.24. The molecule has 2 aliphatic rings. The zero-order valence-electron chi connectivity index (χ0n) is 9.96. The van der Waals surface area contributed by atoms with E-state index >= 15 is 0 Å². The van der Waals surface area contributed by atoms with Gasteiger partial charge < -0.3 is 9.64 Å². The molecule has 4 heteroatoms. The number of likely N-dealkylation sites (tertiary alicyclic amines) is 1. The molecule has 0 aliphatic carbocycles. The van der Waals surface area contributed by atoms with Crippen LogP contribution in [0.25, 0.3) is 0 Å². The summed E-state index contributed by atoms with van der Waals surface area (Å²) in [6.07, 6.45) is 0. The van der Waals surface area contributed by atoms with Gasteiger partial charge in [-0.3, -0.25) is 0 Å². The molecule has 2 heterocycles. The molecule has 2 atom stereocenters. The van der Waals surface area contributed by atoms with Crippen LogP contribution in [0, 0.1) is 0 Å². The van der Waals surface area contributed by atoms with Gasteiger partial charge in [0, 0.05) is 29.0 Å². The number of hydrogen-bond donors (Lipinski definition) is 0. The van der Waals surface area contributed by atoms with Crippen LogP contribution in [-0.2, 0) is 11.3 Å². The molecule has 1 aromatic rings. The summed E-state index contributed by atoms with van der Waals surface area (Å²) in [7, 11) is 2.15. The average molecular weight is 317 g/mol. The van der Waals surface area contributed by atoms with Gasteiger partial charge in [-0.2, -0.15) is 0 Å². The highest BCUT2D eigenvalue weighted by Crippen LogP contribution is 2.46. The van der Waals surface area contributed by atoms with E-state index in [-0.39, 0.29) is 5.60 Å². The quantitative estimate of drug-likeness (QED) is 0.727. The Kier molecular flexibility index (Phi) is 2.78. The summed E-state index contributed by atoms with van der Waals surface area (Å²) in [5.41, 5.74) is 2.45. The summed E-state index contributed by atoms with van der Waals surface area (Å²) >= 11 is 9.82. The van der Waals surface area contributed by atoms with E-state index in [9.17, 15) is 0 Å². The van der Waals surface area contributed by atoms with Crippen LogP contribution >= 0.6 is 27.5 Å². The predicted molar refractivity (Wildman–Crippen MR) is 72.6 cm³/mol.